The largest absolute Gasteiger partial charge is 0.491 e. The second kappa shape index (κ2) is 7.38. The van der Waals surface area contributed by atoms with Crippen LogP contribution >= 0.6 is 0 Å². The molecule has 0 aromatic heterocycles. The monoisotopic (exact) mass is 368 g/mol. The van der Waals surface area contributed by atoms with Crippen molar-refractivity contribution in [3.63, 3.8) is 0 Å². The Hall–Kier alpha value is -2.90. The highest BCUT2D eigenvalue weighted by Gasteiger charge is 2.36. The number of ether oxygens (including phenoxy) is 2. The first-order chi connectivity index (χ1) is 13.2. The van der Waals surface area contributed by atoms with Crippen molar-refractivity contribution >= 4 is 11.8 Å². The van der Waals surface area contributed by atoms with Gasteiger partial charge in [0, 0.05) is 11.1 Å². The summed E-state index contributed by atoms with van der Waals surface area (Å²) in [6, 6.07) is 14.5. The topological polar surface area (TPSA) is 88.1 Å². The van der Waals surface area contributed by atoms with Gasteiger partial charge in [0.25, 0.3) is 5.91 Å². The van der Waals surface area contributed by atoms with Crippen molar-refractivity contribution in [3.05, 3.63) is 65.2 Å². The maximum absolute atomic E-state index is 13.0. The summed E-state index contributed by atoms with van der Waals surface area (Å²) in [6.45, 7) is 1.55. The zero-order chi connectivity index (χ0) is 18.8. The predicted octanol–water partition coefficient (Wildman–Crippen LogP) is 1.91. The molecule has 2 aromatic rings. The van der Waals surface area contributed by atoms with Gasteiger partial charge in [0.1, 0.15) is 12.4 Å². The van der Waals surface area contributed by atoms with Crippen LogP contribution in [0, 0.1) is 5.92 Å². The van der Waals surface area contributed by atoms with E-state index in [1.807, 2.05) is 35.2 Å². The fourth-order valence-electron chi connectivity index (χ4n) is 3.37. The summed E-state index contributed by atoms with van der Waals surface area (Å²) >= 11 is 0. The van der Waals surface area contributed by atoms with E-state index < -0.39 is 5.91 Å². The van der Waals surface area contributed by atoms with E-state index in [1.165, 1.54) is 0 Å². The molecule has 7 heteroatoms. The summed E-state index contributed by atoms with van der Waals surface area (Å²) in [5.74, 6) is -0.150. The minimum absolute atomic E-state index is 0.0451. The first-order valence-corrected chi connectivity index (χ1v) is 8.80. The normalized spacial score (nSPS) is 19.3. The fourth-order valence-corrected chi connectivity index (χ4v) is 3.37. The van der Waals surface area contributed by atoms with Crippen LogP contribution < -0.4 is 10.2 Å². The number of benzene rings is 2. The minimum atomic E-state index is -0.607. The third-order valence-electron chi connectivity index (χ3n) is 5.00. The van der Waals surface area contributed by atoms with Gasteiger partial charge in [-0.2, -0.15) is 0 Å². The molecule has 2 amide bonds. The zero-order valence-corrected chi connectivity index (χ0v) is 14.6. The molecule has 0 unspecified atom stereocenters. The highest BCUT2D eigenvalue weighted by molar-refractivity contribution is 5.93. The van der Waals surface area contributed by atoms with Gasteiger partial charge in [-0.05, 0) is 17.7 Å². The van der Waals surface area contributed by atoms with Gasteiger partial charge in [-0.25, -0.2) is 5.48 Å². The van der Waals surface area contributed by atoms with Crippen molar-refractivity contribution in [2.75, 3.05) is 19.8 Å². The smallest absolute Gasteiger partial charge is 0.274 e. The van der Waals surface area contributed by atoms with Crippen LogP contribution in [0.15, 0.2) is 48.5 Å². The summed E-state index contributed by atoms with van der Waals surface area (Å²) in [6.07, 6.45) is 0. The summed E-state index contributed by atoms with van der Waals surface area (Å²) in [5.41, 5.74) is 3.72. The van der Waals surface area contributed by atoms with Crippen LogP contribution in [0.4, 0.5) is 0 Å². The number of hydroxylamine groups is 1. The molecule has 2 heterocycles. The lowest BCUT2D eigenvalue weighted by atomic mass is 10.0. The van der Waals surface area contributed by atoms with Gasteiger partial charge in [-0.3, -0.25) is 14.8 Å². The molecular formula is C20H20N2O5. The second-order valence-electron chi connectivity index (χ2n) is 6.70. The Balaban J connectivity index is 1.69. The SMILES string of the molecule is O=C(NO)c1ccc2c(c1)OC[C@H](c1ccccc1)N(C(=O)C1COC1)C2. The van der Waals surface area contributed by atoms with E-state index in [2.05, 4.69) is 0 Å². The van der Waals surface area contributed by atoms with E-state index in [0.29, 0.717) is 31.1 Å². The lowest BCUT2D eigenvalue weighted by Gasteiger charge is -2.35. The summed E-state index contributed by atoms with van der Waals surface area (Å²) < 4.78 is 11.2. The van der Waals surface area contributed by atoms with E-state index >= 15 is 0 Å². The van der Waals surface area contributed by atoms with Gasteiger partial charge >= 0.3 is 0 Å². The molecule has 1 saturated heterocycles. The number of hydrogen-bond acceptors (Lipinski definition) is 5. The molecule has 140 valence electrons. The first-order valence-electron chi connectivity index (χ1n) is 8.80. The number of rotatable bonds is 3. The highest BCUT2D eigenvalue weighted by Crippen LogP contribution is 2.34. The van der Waals surface area contributed by atoms with E-state index in [1.54, 1.807) is 23.7 Å². The molecule has 0 aliphatic carbocycles. The molecule has 2 N–H and O–H groups in total. The maximum atomic E-state index is 13.0. The van der Waals surface area contributed by atoms with Gasteiger partial charge in [-0.15, -0.1) is 0 Å². The van der Waals surface area contributed by atoms with Crippen molar-refractivity contribution in [2.45, 2.75) is 12.6 Å². The molecule has 7 nitrogen and oxygen atoms in total. The number of amides is 2. The van der Waals surface area contributed by atoms with Crippen LogP contribution in [0.1, 0.15) is 27.5 Å². The van der Waals surface area contributed by atoms with Gasteiger partial charge in [0.15, 0.2) is 0 Å². The molecule has 2 aliphatic rings. The fraction of sp³-hybridized carbons (Fsp3) is 0.300. The number of carbonyl (C=O) groups is 2. The third kappa shape index (κ3) is 3.39. The summed E-state index contributed by atoms with van der Waals surface area (Å²) in [5, 5.41) is 8.84. The van der Waals surface area contributed by atoms with Gasteiger partial charge in [0.2, 0.25) is 5.91 Å². The van der Waals surface area contributed by atoms with Gasteiger partial charge < -0.3 is 14.4 Å². The Morgan fingerprint density at radius 1 is 1.07 bits per heavy atom. The Morgan fingerprint density at radius 3 is 2.52 bits per heavy atom. The van der Waals surface area contributed by atoms with Crippen LogP contribution in [-0.4, -0.2) is 41.7 Å². The van der Waals surface area contributed by atoms with Crippen molar-refractivity contribution in [1.82, 2.24) is 10.4 Å². The van der Waals surface area contributed by atoms with Crippen molar-refractivity contribution < 1.29 is 24.3 Å². The highest BCUT2D eigenvalue weighted by atomic mass is 16.5. The average molecular weight is 368 g/mol. The van der Waals surface area contributed by atoms with Crippen LogP contribution in [-0.2, 0) is 16.1 Å². The van der Waals surface area contributed by atoms with Crippen LogP contribution in [0.5, 0.6) is 5.75 Å². The van der Waals surface area contributed by atoms with Crippen LogP contribution in [0.3, 0.4) is 0 Å². The molecule has 0 spiro atoms. The Bertz CT molecular complexity index is 851. The van der Waals surface area contributed by atoms with E-state index in [-0.39, 0.29) is 24.5 Å². The molecule has 0 radical (unpaired) electrons. The Labute approximate surface area is 156 Å². The summed E-state index contributed by atoms with van der Waals surface area (Å²) in [7, 11) is 0. The molecule has 0 bridgehead atoms. The average Bonchev–Trinajstić information content (AvgIpc) is 2.85. The third-order valence-corrected chi connectivity index (χ3v) is 5.00. The van der Waals surface area contributed by atoms with Crippen molar-refractivity contribution in [3.8, 4) is 5.75 Å². The number of nitrogens with one attached hydrogen (secondary N) is 1. The molecule has 4 rings (SSSR count). The molecule has 0 saturated carbocycles. The second-order valence-corrected chi connectivity index (χ2v) is 6.70. The van der Waals surface area contributed by atoms with Gasteiger partial charge in [0.05, 0.1) is 31.7 Å². The minimum Gasteiger partial charge on any atom is -0.491 e. The number of nitrogens with zero attached hydrogens (tertiary/aromatic N) is 1. The first kappa shape index (κ1) is 17.5. The molecule has 2 aliphatic heterocycles. The number of hydrogen-bond donors (Lipinski definition) is 2. The Morgan fingerprint density at radius 2 is 1.85 bits per heavy atom. The van der Waals surface area contributed by atoms with E-state index in [4.69, 9.17) is 14.7 Å². The van der Waals surface area contributed by atoms with Crippen molar-refractivity contribution in [2.24, 2.45) is 5.92 Å². The molecule has 27 heavy (non-hydrogen) atoms. The molecule has 1 fully saturated rings. The molecular weight excluding hydrogens is 348 g/mol. The predicted molar refractivity (Wildman–Crippen MR) is 95.2 cm³/mol. The molecule has 1 atom stereocenters. The lowest BCUT2D eigenvalue weighted by Crippen LogP contribution is -2.46. The standard InChI is InChI=1S/C20H20N2O5/c23-19(21-25)14-6-7-15-9-22(20(24)16-10-26-11-16)17(12-27-18(15)8-14)13-4-2-1-3-5-13/h1-8,16-17,25H,9-12H2,(H,21,23)/t17-/m1/s1. The quantitative estimate of drug-likeness (QED) is 0.638. The van der Waals surface area contributed by atoms with Crippen molar-refractivity contribution in [1.29, 1.82) is 0 Å². The molecule has 2 aromatic carbocycles. The summed E-state index contributed by atoms with van der Waals surface area (Å²) in [4.78, 5) is 26.6. The van der Waals surface area contributed by atoms with E-state index in [9.17, 15) is 9.59 Å². The van der Waals surface area contributed by atoms with Crippen LogP contribution in [0.25, 0.3) is 0 Å². The zero-order valence-electron chi connectivity index (χ0n) is 14.6. The number of fused-ring (bicyclic) bond motifs is 1. The number of carbonyl (C=O) groups excluding carboxylic acids is 2. The lowest BCUT2D eigenvalue weighted by molar-refractivity contribution is -0.153. The van der Waals surface area contributed by atoms with Crippen LogP contribution in [0.2, 0.25) is 0 Å². The van der Waals surface area contributed by atoms with E-state index in [0.717, 1.165) is 11.1 Å². The maximum Gasteiger partial charge on any atom is 0.274 e. The van der Waals surface area contributed by atoms with Gasteiger partial charge in [-0.1, -0.05) is 36.4 Å². The Kier molecular flexibility index (Phi) is 4.79.